The van der Waals surface area contributed by atoms with E-state index in [1.54, 1.807) is 24.3 Å². The molecule has 2 saturated heterocycles. The van der Waals surface area contributed by atoms with Crippen molar-refractivity contribution in [1.82, 2.24) is 0 Å². The largest absolute Gasteiger partial charge is 0.274 e. The molecule has 0 spiro atoms. The van der Waals surface area contributed by atoms with E-state index in [9.17, 15) is 19.2 Å². The number of carbonyl (C=O) groups excluding carboxylic acids is 4. The van der Waals surface area contributed by atoms with Gasteiger partial charge in [0.15, 0.2) is 0 Å². The molecular formula is C24H20N2O4. The Bertz CT molecular complexity index is 977. The lowest BCUT2D eigenvalue weighted by Gasteiger charge is -2.21. The number of amides is 4. The van der Waals surface area contributed by atoms with E-state index in [2.05, 4.69) is 24.3 Å². The molecule has 4 amide bonds. The highest BCUT2D eigenvalue weighted by atomic mass is 16.2. The molecule has 7 rings (SSSR count). The van der Waals surface area contributed by atoms with E-state index in [-0.39, 0.29) is 71.0 Å². The van der Waals surface area contributed by atoms with Gasteiger partial charge >= 0.3 is 0 Å². The molecule has 8 atom stereocenters. The van der Waals surface area contributed by atoms with E-state index in [1.807, 2.05) is 0 Å². The predicted molar refractivity (Wildman–Crippen MR) is 107 cm³/mol. The molecule has 0 radical (unpaired) electrons. The van der Waals surface area contributed by atoms with Crippen molar-refractivity contribution >= 4 is 35.0 Å². The average molecular weight is 400 g/mol. The molecule has 0 N–H and O–H groups in total. The molecule has 1 aromatic carbocycles. The minimum atomic E-state index is -0.271. The van der Waals surface area contributed by atoms with Crippen LogP contribution in [0, 0.1) is 47.3 Å². The second kappa shape index (κ2) is 5.36. The number of allylic oxidation sites excluding steroid dienone is 4. The van der Waals surface area contributed by atoms with Crippen molar-refractivity contribution in [2.45, 2.75) is 12.8 Å². The van der Waals surface area contributed by atoms with Gasteiger partial charge in [-0.25, -0.2) is 9.80 Å². The van der Waals surface area contributed by atoms with Crippen LogP contribution in [0.25, 0.3) is 0 Å². The highest BCUT2D eigenvalue weighted by molar-refractivity contribution is 6.25. The number of rotatable bonds is 2. The third-order valence-corrected chi connectivity index (χ3v) is 8.29. The first kappa shape index (κ1) is 16.7. The van der Waals surface area contributed by atoms with Gasteiger partial charge < -0.3 is 0 Å². The lowest BCUT2D eigenvalue weighted by molar-refractivity contribution is -0.124. The Balaban J connectivity index is 1.24. The number of hydrogen-bond acceptors (Lipinski definition) is 4. The molecule has 6 aliphatic rings. The topological polar surface area (TPSA) is 74.8 Å². The van der Waals surface area contributed by atoms with Crippen molar-refractivity contribution < 1.29 is 19.2 Å². The monoisotopic (exact) mass is 400 g/mol. The Hall–Kier alpha value is -3.02. The van der Waals surface area contributed by atoms with Crippen molar-refractivity contribution in [1.29, 1.82) is 0 Å². The molecule has 6 nitrogen and oxygen atoms in total. The summed E-state index contributed by atoms with van der Waals surface area (Å²) in [5, 5.41) is 0. The smallest absolute Gasteiger partial charge is 0.238 e. The van der Waals surface area contributed by atoms with Gasteiger partial charge in [-0.1, -0.05) is 30.4 Å². The molecule has 6 heteroatoms. The minimum Gasteiger partial charge on any atom is -0.274 e. The van der Waals surface area contributed by atoms with Gasteiger partial charge in [0.1, 0.15) is 0 Å². The Kier molecular flexibility index (Phi) is 2.99. The van der Waals surface area contributed by atoms with Crippen molar-refractivity contribution in [2.75, 3.05) is 9.80 Å². The van der Waals surface area contributed by atoms with E-state index in [0.717, 1.165) is 12.8 Å². The van der Waals surface area contributed by atoms with Crippen LogP contribution in [0.1, 0.15) is 12.8 Å². The molecule has 4 aliphatic carbocycles. The third kappa shape index (κ3) is 1.81. The van der Waals surface area contributed by atoms with Gasteiger partial charge in [-0.15, -0.1) is 0 Å². The van der Waals surface area contributed by atoms with Crippen molar-refractivity contribution in [3.63, 3.8) is 0 Å². The lowest BCUT2D eigenvalue weighted by Crippen LogP contribution is -2.34. The normalized spacial score (nSPS) is 42.3. The van der Waals surface area contributed by atoms with Crippen molar-refractivity contribution in [3.05, 3.63) is 48.6 Å². The van der Waals surface area contributed by atoms with Gasteiger partial charge in [0.2, 0.25) is 23.6 Å². The third-order valence-electron chi connectivity index (χ3n) is 8.29. The zero-order valence-corrected chi connectivity index (χ0v) is 16.2. The van der Waals surface area contributed by atoms with Crippen molar-refractivity contribution in [3.8, 4) is 0 Å². The van der Waals surface area contributed by atoms with E-state index in [0.29, 0.717) is 11.4 Å². The first-order valence-electron chi connectivity index (χ1n) is 10.8. The molecule has 0 aromatic heterocycles. The number of benzene rings is 1. The molecule has 2 aliphatic heterocycles. The first-order valence-corrected chi connectivity index (χ1v) is 10.8. The highest BCUT2D eigenvalue weighted by Crippen LogP contribution is 2.55. The van der Waals surface area contributed by atoms with Crippen LogP contribution in [0.5, 0.6) is 0 Å². The fourth-order valence-electron chi connectivity index (χ4n) is 7.08. The van der Waals surface area contributed by atoms with Crippen LogP contribution >= 0.6 is 0 Å². The van der Waals surface area contributed by atoms with Gasteiger partial charge in [0, 0.05) is 0 Å². The maximum absolute atomic E-state index is 13.1. The van der Waals surface area contributed by atoms with Crippen LogP contribution in [0.4, 0.5) is 11.4 Å². The predicted octanol–water partition coefficient (Wildman–Crippen LogP) is 2.31. The van der Waals surface area contributed by atoms with Crippen LogP contribution in [0.3, 0.4) is 0 Å². The van der Waals surface area contributed by atoms with Crippen LogP contribution in [-0.4, -0.2) is 23.6 Å². The number of hydrogen-bond donors (Lipinski definition) is 0. The SMILES string of the molecule is O=C1[C@@H]2[C@H](C(=O)N1c1cccc(N3C(=O)[C@@H]4[C@H](C3=O)[C@H]3C=C[C@H]4C3)c1)[C@@H]1C=C[C@H]2C1. The number of anilines is 2. The molecule has 150 valence electrons. The molecule has 1 aromatic rings. The van der Waals surface area contributed by atoms with Gasteiger partial charge in [0.25, 0.3) is 0 Å². The maximum atomic E-state index is 13.1. The minimum absolute atomic E-state index is 0.147. The number of fused-ring (bicyclic) bond motifs is 10. The summed E-state index contributed by atoms with van der Waals surface area (Å²) in [4.78, 5) is 55.0. The molecule has 2 saturated carbocycles. The van der Waals surface area contributed by atoms with E-state index >= 15 is 0 Å². The van der Waals surface area contributed by atoms with Gasteiger partial charge in [0.05, 0.1) is 35.0 Å². The summed E-state index contributed by atoms with van der Waals surface area (Å²) in [5.74, 6) is -1.12. The van der Waals surface area contributed by atoms with E-state index in [1.165, 1.54) is 9.80 Å². The molecule has 4 bridgehead atoms. The summed E-state index contributed by atoms with van der Waals surface area (Å²) in [6.07, 6.45) is 10.0. The van der Waals surface area contributed by atoms with Crippen LogP contribution in [0.15, 0.2) is 48.6 Å². The molecule has 0 unspecified atom stereocenters. The zero-order valence-electron chi connectivity index (χ0n) is 16.2. The molecule has 2 heterocycles. The lowest BCUT2D eigenvalue weighted by atomic mass is 9.85. The Labute approximate surface area is 173 Å². The summed E-state index contributed by atoms with van der Waals surface area (Å²) in [6.45, 7) is 0. The van der Waals surface area contributed by atoms with Crippen LogP contribution < -0.4 is 9.80 Å². The zero-order chi connectivity index (χ0) is 20.3. The molecular weight excluding hydrogens is 380 g/mol. The number of carbonyl (C=O) groups is 4. The van der Waals surface area contributed by atoms with Crippen LogP contribution in [-0.2, 0) is 19.2 Å². The second-order valence-electron chi connectivity index (χ2n) is 9.54. The summed E-state index contributed by atoms with van der Waals surface area (Å²) in [6, 6.07) is 6.80. The average Bonchev–Trinajstić information content (AvgIpc) is 3.55. The van der Waals surface area contributed by atoms with E-state index < -0.39 is 0 Å². The maximum Gasteiger partial charge on any atom is 0.238 e. The summed E-state index contributed by atoms with van der Waals surface area (Å²) >= 11 is 0. The fraction of sp³-hybridized carbons (Fsp3) is 0.417. The first-order chi connectivity index (χ1) is 14.5. The Morgan fingerprint density at radius 1 is 0.567 bits per heavy atom. The Morgan fingerprint density at radius 2 is 0.900 bits per heavy atom. The van der Waals surface area contributed by atoms with E-state index in [4.69, 9.17) is 0 Å². The quantitative estimate of drug-likeness (QED) is 0.564. The fourth-order valence-corrected chi connectivity index (χ4v) is 7.08. The second-order valence-corrected chi connectivity index (χ2v) is 9.54. The summed E-state index contributed by atoms with van der Waals surface area (Å²) < 4.78 is 0. The highest BCUT2D eigenvalue weighted by Gasteiger charge is 2.61. The van der Waals surface area contributed by atoms with Crippen LogP contribution in [0.2, 0.25) is 0 Å². The molecule has 30 heavy (non-hydrogen) atoms. The Morgan fingerprint density at radius 3 is 1.23 bits per heavy atom. The van der Waals surface area contributed by atoms with Crippen molar-refractivity contribution in [2.24, 2.45) is 47.3 Å². The molecule has 4 fully saturated rings. The summed E-state index contributed by atoms with van der Waals surface area (Å²) in [7, 11) is 0. The van der Waals surface area contributed by atoms with Gasteiger partial charge in [-0.2, -0.15) is 0 Å². The van der Waals surface area contributed by atoms with Gasteiger partial charge in [-0.05, 0) is 54.7 Å². The number of imide groups is 2. The van der Waals surface area contributed by atoms with Gasteiger partial charge in [-0.3, -0.25) is 19.2 Å². The summed E-state index contributed by atoms with van der Waals surface area (Å²) in [5.41, 5.74) is 0.908. The standard InChI is InChI=1S/C24H20N2O4/c27-21-17-11-4-5-12(8-11)18(17)22(28)25(21)15-2-1-3-16(10-15)26-23(29)19-13-6-7-14(9-13)20(19)24(26)30/h1-7,10-14,17-20H,8-9H2/t11-,12-,13-,14+,17-,18+,19-,20+/m0/s1. The number of nitrogens with zero attached hydrogens (tertiary/aromatic N) is 2.